The summed E-state index contributed by atoms with van der Waals surface area (Å²) < 4.78 is 11.1. The van der Waals surface area contributed by atoms with E-state index in [1.54, 1.807) is 17.6 Å². The lowest BCUT2D eigenvalue weighted by Gasteiger charge is -2.08. The minimum Gasteiger partial charge on any atom is -0.312 e. The second-order valence-electron chi connectivity index (χ2n) is 3.64. The van der Waals surface area contributed by atoms with Gasteiger partial charge >= 0.3 is 0 Å². The van der Waals surface area contributed by atoms with E-state index >= 15 is 0 Å². The second kappa shape index (κ2) is 6.35. The van der Waals surface area contributed by atoms with E-state index < -0.39 is 10.8 Å². The maximum Gasteiger partial charge on any atom is 0.0798 e. The molecule has 2 unspecified atom stereocenters. The number of nitrogens with zero attached hydrogens (tertiary/aromatic N) is 1. The molecule has 0 radical (unpaired) electrons. The van der Waals surface area contributed by atoms with E-state index in [9.17, 15) is 4.21 Å². The minimum absolute atomic E-state index is 0.278. The zero-order valence-corrected chi connectivity index (χ0v) is 11.1. The molecule has 5 heteroatoms. The maximum atomic E-state index is 11.1. The molecule has 0 bridgehead atoms. The number of rotatable bonds is 6. The zero-order chi connectivity index (χ0) is 11.3. The van der Waals surface area contributed by atoms with Gasteiger partial charge in [0.25, 0.3) is 0 Å². The lowest BCUT2D eigenvalue weighted by atomic mass is 10.3. The van der Waals surface area contributed by atoms with Gasteiger partial charge in [0, 0.05) is 33.7 Å². The summed E-state index contributed by atoms with van der Waals surface area (Å²) in [5, 5.41) is 3.63. The summed E-state index contributed by atoms with van der Waals surface area (Å²) in [7, 11) is -0.705. The van der Waals surface area contributed by atoms with E-state index in [0.29, 0.717) is 0 Å². The third kappa shape index (κ3) is 4.40. The molecule has 0 aliphatic heterocycles. The molecule has 15 heavy (non-hydrogen) atoms. The Morgan fingerprint density at radius 2 is 2.40 bits per heavy atom. The van der Waals surface area contributed by atoms with E-state index in [2.05, 4.69) is 10.3 Å². The minimum atomic E-state index is -0.705. The van der Waals surface area contributed by atoms with Crippen LogP contribution in [0.15, 0.2) is 5.51 Å². The molecule has 1 aromatic heterocycles. The number of aromatic nitrogens is 1. The van der Waals surface area contributed by atoms with Gasteiger partial charge in [0.1, 0.15) is 0 Å². The Balaban J connectivity index is 2.17. The Hall–Kier alpha value is -0.260. The average molecular weight is 246 g/mol. The summed E-state index contributed by atoms with van der Waals surface area (Å²) in [5.41, 5.74) is 2.98. The van der Waals surface area contributed by atoms with Crippen LogP contribution in [0.25, 0.3) is 0 Å². The second-order valence-corrected chi connectivity index (χ2v) is 6.38. The third-order valence-electron chi connectivity index (χ3n) is 2.42. The first kappa shape index (κ1) is 12.8. The van der Waals surface area contributed by atoms with Crippen molar-refractivity contribution >= 4 is 22.1 Å². The molecule has 0 aliphatic carbocycles. The summed E-state index contributed by atoms with van der Waals surface area (Å²) in [6.45, 7) is 5.84. The monoisotopic (exact) mass is 246 g/mol. The molecule has 1 rings (SSSR count). The van der Waals surface area contributed by atoms with Crippen molar-refractivity contribution in [1.82, 2.24) is 10.3 Å². The van der Waals surface area contributed by atoms with Crippen LogP contribution >= 0.6 is 11.3 Å². The molecular formula is C10H18N2OS2. The molecule has 1 aromatic rings. The van der Waals surface area contributed by atoms with Gasteiger partial charge in [-0.2, -0.15) is 0 Å². The summed E-state index contributed by atoms with van der Waals surface area (Å²) in [6, 6.07) is 0. The summed E-state index contributed by atoms with van der Waals surface area (Å²) in [6.07, 6.45) is 2.72. The molecule has 3 nitrogen and oxygen atoms in total. The molecule has 1 heterocycles. The number of aryl methyl sites for hydroxylation is 1. The first-order valence-electron chi connectivity index (χ1n) is 5.03. The molecule has 0 fully saturated rings. The van der Waals surface area contributed by atoms with Crippen molar-refractivity contribution in [2.24, 2.45) is 0 Å². The van der Waals surface area contributed by atoms with E-state index in [-0.39, 0.29) is 5.25 Å². The fourth-order valence-corrected chi connectivity index (χ4v) is 2.37. The van der Waals surface area contributed by atoms with Crippen LogP contribution in [0.1, 0.15) is 23.9 Å². The smallest absolute Gasteiger partial charge is 0.0798 e. The van der Waals surface area contributed by atoms with Gasteiger partial charge in [0.2, 0.25) is 0 Å². The van der Waals surface area contributed by atoms with Crippen molar-refractivity contribution in [2.45, 2.75) is 32.1 Å². The van der Waals surface area contributed by atoms with E-state index in [1.165, 1.54) is 4.88 Å². The predicted octanol–water partition coefficient (Wildman–Crippen LogP) is 1.70. The molecule has 2 atom stereocenters. The van der Waals surface area contributed by atoms with Gasteiger partial charge in [-0.25, -0.2) is 4.98 Å². The Morgan fingerprint density at radius 3 is 2.93 bits per heavy atom. The van der Waals surface area contributed by atoms with Crippen molar-refractivity contribution in [1.29, 1.82) is 0 Å². The number of thiazole rings is 1. The first-order valence-corrected chi connectivity index (χ1v) is 7.53. The fourth-order valence-electron chi connectivity index (χ4n) is 1.17. The van der Waals surface area contributed by atoms with Crippen LogP contribution in [0.4, 0.5) is 0 Å². The number of nitrogens with one attached hydrogen (secondary N) is 1. The van der Waals surface area contributed by atoms with Crippen molar-refractivity contribution in [3.05, 3.63) is 16.1 Å². The molecule has 0 saturated carbocycles. The summed E-state index contributed by atoms with van der Waals surface area (Å²) in [5.74, 6) is 0. The lowest BCUT2D eigenvalue weighted by Crippen LogP contribution is -2.20. The highest BCUT2D eigenvalue weighted by molar-refractivity contribution is 7.84. The largest absolute Gasteiger partial charge is 0.312 e. The van der Waals surface area contributed by atoms with Gasteiger partial charge in [0.05, 0.1) is 11.2 Å². The van der Waals surface area contributed by atoms with Gasteiger partial charge < -0.3 is 5.32 Å². The normalized spacial score (nSPS) is 15.1. The highest BCUT2D eigenvalue weighted by Gasteiger charge is 2.05. The Bertz CT molecular complexity index is 325. The fraction of sp³-hybridized carbons (Fsp3) is 0.700. The van der Waals surface area contributed by atoms with Crippen LogP contribution < -0.4 is 5.32 Å². The Kier molecular flexibility index (Phi) is 5.42. The van der Waals surface area contributed by atoms with E-state index in [0.717, 1.165) is 25.2 Å². The maximum absolute atomic E-state index is 11.1. The molecule has 0 spiro atoms. The standard InChI is InChI=1S/C10H18N2OS2/c1-8(15(3)13)4-5-11-6-10-9(2)12-7-14-10/h7-8,11H,4-6H2,1-3H3. The highest BCUT2D eigenvalue weighted by Crippen LogP contribution is 2.11. The van der Waals surface area contributed by atoms with Crippen molar-refractivity contribution in [3.8, 4) is 0 Å². The Morgan fingerprint density at radius 1 is 1.67 bits per heavy atom. The molecule has 1 N–H and O–H groups in total. The predicted molar refractivity (Wildman–Crippen MR) is 66.7 cm³/mol. The van der Waals surface area contributed by atoms with Gasteiger partial charge in [-0.15, -0.1) is 11.3 Å². The number of hydrogen-bond donors (Lipinski definition) is 1. The van der Waals surface area contributed by atoms with Crippen LogP contribution in [0.3, 0.4) is 0 Å². The van der Waals surface area contributed by atoms with Crippen molar-refractivity contribution in [2.75, 3.05) is 12.8 Å². The van der Waals surface area contributed by atoms with Gasteiger partial charge in [-0.05, 0) is 19.9 Å². The van der Waals surface area contributed by atoms with E-state index in [4.69, 9.17) is 0 Å². The summed E-state index contributed by atoms with van der Waals surface area (Å²) in [4.78, 5) is 5.48. The average Bonchev–Trinajstić information content (AvgIpc) is 2.58. The lowest BCUT2D eigenvalue weighted by molar-refractivity contribution is 0.630. The first-order chi connectivity index (χ1) is 7.11. The van der Waals surface area contributed by atoms with Crippen LogP contribution in [0.2, 0.25) is 0 Å². The van der Waals surface area contributed by atoms with E-state index in [1.807, 2.05) is 19.4 Å². The van der Waals surface area contributed by atoms with Gasteiger partial charge in [0.15, 0.2) is 0 Å². The quantitative estimate of drug-likeness (QED) is 0.777. The molecule has 0 amide bonds. The van der Waals surface area contributed by atoms with Crippen LogP contribution in [0, 0.1) is 6.92 Å². The van der Waals surface area contributed by atoms with Gasteiger partial charge in [-0.3, -0.25) is 4.21 Å². The Labute approximate surface area is 97.8 Å². The molecule has 0 aromatic carbocycles. The molecular weight excluding hydrogens is 228 g/mol. The molecule has 0 saturated heterocycles. The topological polar surface area (TPSA) is 42.0 Å². The van der Waals surface area contributed by atoms with Crippen LogP contribution in [-0.4, -0.2) is 27.2 Å². The number of hydrogen-bond acceptors (Lipinski definition) is 4. The molecule has 0 aliphatic rings. The molecule has 86 valence electrons. The highest BCUT2D eigenvalue weighted by atomic mass is 32.2. The SMILES string of the molecule is Cc1ncsc1CNCCC(C)S(C)=O. The zero-order valence-electron chi connectivity index (χ0n) is 9.45. The van der Waals surface area contributed by atoms with Crippen LogP contribution in [-0.2, 0) is 17.3 Å². The van der Waals surface area contributed by atoms with Crippen LogP contribution in [0.5, 0.6) is 0 Å². The van der Waals surface area contributed by atoms with Crippen molar-refractivity contribution < 1.29 is 4.21 Å². The van der Waals surface area contributed by atoms with Crippen molar-refractivity contribution in [3.63, 3.8) is 0 Å². The summed E-state index contributed by atoms with van der Waals surface area (Å²) >= 11 is 1.68. The third-order valence-corrected chi connectivity index (χ3v) is 4.73. The van der Waals surface area contributed by atoms with Gasteiger partial charge in [-0.1, -0.05) is 6.92 Å².